The van der Waals surface area contributed by atoms with Crippen LogP contribution in [0, 0.1) is 0 Å². The molecule has 7 heteroatoms. The zero-order chi connectivity index (χ0) is 21.5. The fourth-order valence-corrected chi connectivity index (χ4v) is 4.41. The summed E-state index contributed by atoms with van der Waals surface area (Å²) in [6.45, 7) is 0. The molecule has 4 aromatic rings. The number of nitrogens with zero attached hydrogens (tertiary/aromatic N) is 4. The highest BCUT2D eigenvalue weighted by atomic mass is 16.3. The molecule has 5 N–H and O–H groups in total. The number of aryl methyl sites for hydroxylation is 2. The minimum Gasteiger partial charge on any atom is -0.508 e. The molecule has 0 saturated heterocycles. The second kappa shape index (κ2) is 7.43. The first-order chi connectivity index (χ1) is 15.0. The summed E-state index contributed by atoms with van der Waals surface area (Å²) < 4.78 is 1.69. The number of fused-ring (bicyclic) bond motifs is 3. The quantitative estimate of drug-likeness (QED) is 0.269. The molecule has 2 aromatic heterocycles. The number of aliphatic imine (C=N–C) groups is 1. The summed E-state index contributed by atoms with van der Waals surface area (Å²) in [5, 5.41) is 15.0. The molecule has 2 aromatic carbocycles. The zero-order valence-electron chi connectivity index (χ0n) is 17.3. The largest absolute Gasteiger partial charge is 0.508 e. The van der Waals surface area contributed by atoms with E-state index in [1.54, 1.807) is 16.8 Å². The molecule has 7 nitrogen and oxygen atoms in total. The third kappa shape index (κ3) is 3.38. The predicted octanol–water partition coefficient (Wildman–Crippen LogP) is 3.84. The van der Waals surface area contributed by atoms with Gasteiger partial charge in [0.15, 0.2) is 5.82 Å². The van der Waals surface area contributed by atoms with Crippen LogP contribution in [0.15, 0.2) is 53.7 Å². The predicted molar refractivity (Wildman–Crippen MR) is 123 cm³/mol. The molecule has 0 bridgehead atoms. The lowest BCUT2D eigenvalue weighted by molar-refractivity contribution is 0.475. The zero-order valence-corrected chi connectivity index (χ0v) is 17.3. The Hall–Kier alpha value is -3.87. The van der Waals surface area contributed by atoms with Crippen LogP contribution in [0.4, 0.5) is 11.5 Å². The Kier molecular flexibility index (Phi) is 4.58. The van der Waals surface area contributed by atoms with Gasteiger partial charge in [-0.25, -0.2) is 9.98 Å². The van der Waals surface area contributed by atoms with E-state index in [9.17, 15) is 5.11 Å². The monoisotopic (exact) mass is 412 g/mol. The molecule has 5 rings (SSSR count). The standard InChI is InChI=1S/C24H24N6O/c1-30-13-12-20(29-30)28-24(26)22-18(25)10-11-19-21(22)16-4-2-3-5-17(16)23(27-19)14-6-8-15(31)9-7-14/h6-13,31H,2-5,25H2,1H3,(H2,26,28,29). The Morgan fingerprint density at radius 2 is 1.77 bits per heavy atom. The molecule has 0 radical (unpaired) electrons. The van der Waals surface area contributed by atoms with Gasteiger partial charge in [0.25, 0.3) is 0 Å². The summed E-state index contributed by atoms with van der Waals surface area (Å²) in [6.07, 6.45) is 5.92. The summed E-state index contributed by atoms with van der Waals surface area (Å²) in [5.74, 6) is 1.12. The van der Waals surface area contributed by atoms with Crippen molar-refractivity contribution in [3.8, 4) is 17.0 Å². The van der Waals surface area contributed by atoms with Crippen LogP contribution in [-0.2, 0) is 19.9 Å². The molecule has 0 aliphatic heterocycles. The maximum Gasteiger partial charge on any atom is 0.175 e. The summed E-state index contributed by atoms with van der Waals surface area (Å²) in [6, 6.07) is 12.8. The molecule has 156 valence electrons. The average molecular weight is 412 g/mol. The molecule has 0 saturated carbocycles. The van der Waals surface area contributed by atoms with E-state index in [2.05, 4.69) is 10.1 Å². The van der Waals surface area contributed by atoms with Gasteiger partial charge in [-0.3, -0.25) is 4.68 Å². The minimum absolute atomic E-state index is 0.243. The number of anilines is 1. The van der Waals surface area contributed by atoms with E-state index in [1.807, 2.05) is 43.6 Å². The first kappa shape index (κ1) is 19.1. The third-order valence-electron chi connectivity index (χ3n) is 5.83. The number of hydrogen-bond acceptors (Lipinski definition) is 5. The highest BCUT2D eigenvalue weighted by Gasteiger charge is 2.23. The van der Waals surface area contributed by atoms with Crippen molar-refractivity contribution in [2.75, 3.05) is 5.73 Å². The number of amidine groups is 1. The first-order valence-electron chi connectivity index (χ1n) is 10.4. The van der Waals surface area contributed by atoms with Crippen LogP contribution in [0.2, 0.25) is 0 Å². The lowest BCUT2D eigenvalue weighted by Crippen LogP contribution is -2.18. The fourth-order valence-electron chi connectivity index (χ4n) is 4.41. The lowest BCUT2D eigenvalue weighted by atomic mass is 9.84. The number of phenolic OH excluding ortho intramolecular Hbond substituents is 1. The van der Waals surface area contributed by atoms with Crippen LogP contribution in [0.3, 0.4) is 0 Å². The number of aromatic hydroxyl groups is 1. The number of pyridine rings is 1. The lowest BCUT2D eigenvalue weighted by Gasteiger charge is -2.23. The van der Waals surface area contributed by atoms with Crippen molar-refractivity contribution in [1.29, 1.82) is 0 Å². The van der Waals surface area contributed by atoms with Crippen LogP contribution < -0.4 is 11.5 Å². The van der Waals surface area contributed by atoms with Crippen molar-refractivity contribution >= 4 is 28.2 Å². The second-order valence-electron chi connectivity index (χ2n) is 7.94. The molecule has 0 atom stereocenters. The van der Waals surface area contributed by atoms with E-state index < -0.39 is 0 Å². The Bertz CT molecular complexity index is 1320. The van der Waals surface area contributed by atoms with Crippen LogP contribution in [0.1, 0.15) is 29.5 Å². The fraction of sp³-hybridized carbons (Fsp3) is 0.208. The van der Waals surface area contributed by atoms with Gasteiger partial charge in [-0.1, -0.05) is 0 Å². The number of aromatic nitrogens is 3. The molecule has 1 aliphatic rings. The van der Waals surface area contributed by atoms with Crippen LogP contribution in [-0.4, -0.2) is 25.7 Å². The Balaban J connectivity index is 1.77. The van der Waals surface area contributed by atoms with Gasteiger partial charge in [0.05, 0.1) is 11.2 Å². The second-order valence-corrected chi connectivity index (χ2v) is 7.94. The van der Waals surface area contributed by atoms with Gasteiger partial charge in [0.2, 0.25) is 0 Å². The van der Waals surface area contributed by atoms with E-state index in [1.165, 1.54) is 11.1 Å². The molecule has 1 aliphatic carbocycles. The van der Waals surface area contributed by atoms with E-state index in [0.29, 0.717) is 17.3 Å². The van der Waals surface area contributed by atoms with Gasteiger partial charge in [-0.15, -0.1) is 0 Å². The Morgan fingerprint density at radius 1 is 1.03 bits per heavy atom. The van der Waals surface area contributed by atoms with Crippen molar-refractivity contribution in [2.45, 2.75) is 25.7 Å². The molecular formula is C24H24N6O. The molecular weight excluding hydrogens is 388 g/mol. The maximum atomic E-state index is 9.70. The van der Waals surface area contributed by atoms with Gasteiger partial charge >= 0.3 is 0 Å². The molecule has 0 fully saturated rings. The van der Waals surface area contributed by atoms with Gasteiger partial charge < -0.3 is 16.6 Å². The Labute approximate surface area is 180 Å². The van der Waals surface area contributed by atoms with Crippen LogP contribution in [0.25, 0.3) is 22.2 Å². The summed E-state index contributed by atoms with van der Waals surface area (Å²) in [5.41, 5.74) is 19.4. The molecule has 0 spiro atoms. The highest BCUT2D eigenvalue weighted by molar-refractivity contribution is 6.14. The topological polar surface area (TPSA) is 115 Å². The van der Waals surface area contributed by atoms with Crippen molar-refractivity contribution in [1.82, 2.24) is 14.8 Å². The maximum absolute atomic E-state index is 9.70. The van der Waals surface area contributed by atoms with E-state index >= 15 is 0 Å². The average Bonchev–Trinajstić information content (AvgIpc) is 3.18. The van der Waals surface area contributed by atoms with E-state index in [0.717, 1.165) is 53.4 Å². The van der Waals surface area contributed by atoms with Crippen molar-refractivity contribution < 1.29 is 5.11 Å². The number of hydrogen-bond donors (Lipinski definition) is 3. The van der Waals surface area contributed by atoms with Gasteiger partial charge in [-0.2, -0.15) is 5.10 Å². The van der Waals surface area contributed by atoms with Gasteiger partial charge in [0.1, 0.15) is 11.6 Å². The SMILES string of the molecule is Cn1ccc(N=C(N)c2c(N)ccc3nc(-c4ccc(O)cc4)c4c(c23)CCCC4)n1. The van der Waals surface area contributed by atoms with Crippen molar-refractivity contribution in [3.05, 3.63) is 65.4 Å². The van der Waals surface area contributed by atoms with E-state index in [-0.39, 0.29) is 5.75 Å². The van der Waals surface area contributed by atoms with Crippen LogP contribution >= 0.6 is 0 Å². The highest BCUT2D eigenvalue weighted by Crippen LogP contribution is 2.38. The third-order valence-corrected chi connectivity index (χ3v) is 5.83. The number of nitrogen functional groups attached to an aromatic ring is 1. The van der Waals surface area contributed by atoms with E-state index in [4.69, 9.17) is 16.5 Å². The summed E-state index contributed by atoms with van der Waals surface area (Å²) in [4.78, 5) is 9.54. The molecule has 2 heterocycles. The van der Waals surface area contributed by atoms with Gasteiger partial charge in [0, 0.05) is 41.5 Å². The molecule has 31 heavy (non-hydrogen) atoms. The minimum atomic E-state index is 0.243. The summed E-state index contributed by atoms with van der Waals surface area (Å²) in [7, 11) is 1.84. The number of rotatable bonds is 3. The number of phenols is 1. The normalized spacial score (nSPS) is 14.0. The summed E-state index contributed by atoms with van der Waals surface area (Å²) >= 11 is 0. The smallest absolute Gasteiger partial charge is 0.175 e. The molecule has 0 amide bonds. The van der Waals surface area contributed by atoms with Crippen LogP contribution in [0.5, 0.6) is 5.75 Å². The number of nitrogens with two attached hydrogens (primary N) is 2. The van der Waals surface area contributed by atoms with Gasteiger partial charge in [-0.05, 0) is 73.2 Å². The Morgan fingerprint density at radius 3 is 2.48 bits per heavy atom. The van der Waals surface area contributed by atoms with Crippen molar-refractivity contribution in [3.63, 3.8) is 0 Å². The van der Waals surface area contributed by atoms with Crippen molar-refractivity contribution in [2.24, 2.45) is 17.8 Å². The first-order valence-corrected chi connectivity index (χ1v) is 10.4. The molecule has 0 unspecified atom stereocenters. The number of benzene rings is 2.